The maximum atomic E-state index is 13.6. The van der Waals surface area contributed by atoms with Crippen LogP contribution in [0.2, 0.25) is 0 Å². The number of rotatable bonds is 14. The van der Waals surface area contributed by atoms with Crippen molar-refractivity contribution in [1.82, 2.24) is 15.5 Å². The van der Waals surface area contributed by atoms with Gasteiger partial charge in [0.2, 0.25) is 23.6 Å². The van der Waals surface area contributed by atoms with Crippen LogP contribution in [0.1, 0.15) is 44.1 Å². The van der Waals surface area contributed by atoms with E-state index in [1.54, 1.807) is 12.1 Å². The van der Waals surface area contributed by atoms with E-state index in [1.165, 1.54) is 17.0 Å². The minimum absolute atomic E-state index is 0.0396. The number of aromatic hydroxyl groups is 1. The van der Waals surface area contributed by atoms with Gasteiger partial charge in [-0.1, -0.05) is 18.6 Å². The van der Waals surface area contributed by atoms with Gasteiger partial charge in [-0.3, -0.25) is 19.2 Å². The molecule has 1 aliphatic rings. The Morgan fingerprint density at radius 1 is 1.05 bits per heavy atom. The Bertz CT molecular complexity index is 971. The van der Waals surface area contributed by atoms with Crippen molar-refractivity contribution in [3.05, 3.63) is 29.8 Å². The highest BCUT2D eigenvalue weighted by atomic mass is 16.4. The number of amides is 4. The number of benzene rings is 1. The number of likely N-dealkylation sites (tertiary alicyclic amines) is 1. The maximum absolute atomic E-state index is 13.6. The van der Waals surface area contributed by atoms with Crippen LogP contribution in [-0.4, -0.2) is 82.0 Å². The maximum Gasteiger partial charge on any atom is 0.326 e. The molecule has 0 spiro atoms. The lowest BCUT2D eigenvalue weighted by Gasteiger charge is -2.30. The van der Waals surface area contributed by atoms with Crippen LogP contribution < -0.4 is 27.8 Å². The van der Waals surface area contributed by atoms with Gasteiger partial charge in [0, 0.05) is 13.0 Å². The van der Waals surface area contributed by atoms with E-state index in [1.807, 2.05) is 0 Å². The monoisotopic (exact) mass is 520 g/mol. The Morgan fingerprint density at radius 3 is 2.32 bits per heavy atom. The van der Waals surface area contributed by atoms with Crippen molar-refractivity contribution < 1.29 is 34.2 Å². The zero-order chi connectivity index (χ0) is 27.5. The number of aliphatic carboxylic acids is 1. The molecule has 13 nitrogen and oxygen atoms in total. The molecule has 1 saturated heterocycles. The number of carboxylic acids is 1. The Kier molecular flexibility index (Phi) is 11.3. The Hall–Kier alpha value is -3.71. The van der Waals surface area contributed by atoms with Crippen LogP contribution >= 0.6 is 0 Å². The summed E-state index contributed by atoms with van der Waals surface area (Å²) in [6.07, 6.45) is 1.97. The highest BCUT2D eigenvalue weighted by Gasteiger charge is 2.39. The van der Waals surface area contributed by atoms with Crippen LogP contribution in [0.4, 0.5) is 0 Å². The number of unbranched alkanes of at least 4 members (excludes halogenated alkanes) is 1. The molecule has 1 aliphatic heterocycles. The van der Waals surface area contributed by atoms with Gasteiger partial charge in [0.25, 0.3) is 0 Å². The first-order valence-corrected chi connectivity index (χ1v) is 12.2. The molecule has 0 aromatic heterocycles. The predicted octanol–water partition coefficient (Wildman–Crippen LogP) is -1.69. The summed E-state index contributed by atoms with van der Waals surface area (Å²) in [5.41, 5.74) is 17.2. The minimum atomic E-state index is -1.53. The third-order valence-electron chi connectivity index (χ3n) is 6.16. The fraction of sp³-hybridized carbons (Fsp3) is 0.542. The van der Waals surface area contributed by atoms with Crippen LogP contribution in [-0.2, 0) is 30.4 Å². The number of nitrogens with one attached hydrogen (secondary N) is 2. The number of phenolic OH excluding ortho intramolecular Hbond substituents is 1. The van der Waals surface area contributed by atoms with E-state index in [0.29, 0.717) is 37.8 Å². The number of nitrogens with zero attached hydrogens (tertiary/aromatic N) is 1. The van der Waals surface area contributed by atoms with E-state index in [-0.39, 0.29) is 25.1 Å². The number of phenols is 1. The number of hydrogen-bond acceptors (Lipinski definition) is 8. The number of nitrogens with two attached hydrogens (primary N) is 3. The van der Waals surface area contributed by atoms with E-state index in [9.17, 15) is 34.2 Å². The molecule has 10 N–H and O–H groups in total. The number of carboxylic acid groups (broad SMARTS) is 1. The average molecular weight is 521 g/mol. The molecule has 4 atom stereocenters. The first-order chi connectivity index (χ1) is 17.5. The van der Waals surface area contributed by atoms with Crippen LogP contribution in [0, 0.1) is 0 Å². The largest absolute Gasteiger partial charge is 0.508 e. The summed E-state index contributed by atoms with van der Waals surface area (Å²) in [5, 5.41) is 23.8. The molecule has 13 heteroatoms. The Balaban J connectivity index is 2.20. The fourth-order valence-corrected chi connectivity index (χ4v) is 4.16. The van der Waals surface area contributed by atoms with Crippen molar-refractivity contribution in [1.29, 1.82) is 0 Å². The van der Waals surface area contributed by atoms with E-state index in [2.05, 4.69) is 10.6 Å². The second kappa shape index (κ2) is 14.1. The highest BCUT2D eigenvalue weighted by molar-refractivity contribution is 5.95. The van der Waals surface area contributed by atoms with E-state index >= 15 is 0 Å². The molecular formula is C24H36N6O7. The lowest BCUT2D eigenvalue weighted by molar-refractivity contribution is -0.145. The molecule has 204 valence electrons. The van der Waals surface area contributed by atoms with Gasteiger partial charge in [-0.2, -0.15) is 0 Å². The van der Waals surface area contributed by atoms with Crippen LogP contribution in [0.25, 0.3) is 0 Å². The molecule has 0 bridgehead atoms. The van der Waals surface area contributed by atoms with Gasteiger partial charge in [0.1, 0.15) is 23.9 Å². The zero-order valence-electron chi connectivity index (χ0n) is 20.6. The van der Waals surface area contributed by atoms with E-state index in [4.69, 9.17) is 17.2 Å². The number of carbonyl (C=O) groups is 5. The molecule has 0 saturated carbocycles. The average Bonchev–Trinajstić information content (AvgIpc) is 3.34. The van der Waals surface area contributed by atoms with Gasteiger partial charge in [-0.25, -0.2) is 4.79 Å². The van der Waals surface area contributed by atoms with Crippen LogP contribution in [0.3, 0.4) is 0 Å². The van der Waals surface area contributed by atoms with Gasteiger partial charge < -0.3 is 42.9 Å². The first kappa shape index (κ1) is 29.5. The molecule has 0 radical (unpaired) electrons. The SMILES string of the molecule is NCCCC[C@H](N)C(=O)N[C@@H](Cc1ccc(O)cc1)C(=O)N1CCC[C@H]1C(=O)N[C@@H](CC(N)=O)C(=O)O. The molecule has 0 aliphatic carbocycles. The quantitative estimate of drug-likeness (QED) is 0.138. The van der Waals surface area contributed by atoms with Gasteiger partial charge in [0.05, 0.1) is 12.5 Å². The lowest BCUT2D eigenvalue weighted by Crippen LogP contribution is -2.57. The van der Waals surface area contributed by atoms with E-state index in [0.717, 1.165) is 0 Å². The highest BCUT2D eigenvalue weighted by Crippen LogP contribution is 2.21. The molecular weight excluding hydrogens is 484 g/mol. The lowest BCUT2D eigenvalue weighted by atomic mass is 10.0. The standard InChI is InChI=1S/C24H36N6O7/c25-10-2-1-4-16(26)21(33)28-17(12-14-6-8-15(31)9-7-14)23(35)30-11-3-5-19(30)22(34)29-18(24(36)37)13-20(27)32/h6-9,16-19,31H,1-5,10-13,25-26H2,(H2,27,32)(H,28,33)(H,29,34)(H,36,37)/t16-,17-,18-,19-/m0/s1. The summed E-state index contributed by atoms with van der Waals surface area (Å²) >= 11 is 0. The molecule has 37 heavy (non-hydrogen) atoms. The van der Waals surface area contributed by atoms with Gasteiger partial charge >= 0.3 is 5.97 Å². The number of hydrogen-bond donors (Lipinski definition) is 7. The van der Waals surface area contributed by atoms with Crippen LogP contribution in [0.5, 0.6) is 5.75 Å². The molecule has 1 heterocycles. The molecule has 1 aromatic rings. The third kappa shape index (κ3) is 9.03. The normalized spacial score (nSPS) is 17.5. The summed E-state index contributed by atoms with van der Waals surface area (Å²) in [6.45, 7) is 0.686. The Morgan fingerprint density at radius 2 is 1.73 bits per heavy atom. The van der Waals surface area contributed by atoms with Crippen molar-refractivity contribution in [2.75, 3.05) is 13.1 Å². The van der Waals surface area contributed by atoms with Crippen molar-refractivity contribution >= 4 is 29.6 Å². The number of carbonyl (C=O) groups excluding carboxylic acids is 4. The molecule has 1 aromatic carbocycles. The van der Waals surface area contributed by atoms with Crippen LogP contribution in [0.15, 0.2) is 24.3 Å². The topological polar surface area (TPSA) is 231 Å². The van der Waals surface area contributed by atoms with Gasteiger partial charge in [-0.15, -0.1) is 0 Å². The molecule has 1 fully saturated rings. The van der Waals surface area contributed by atoms with Gasteiger partial charge in [-0.05, 0) is 49.9 Å². The van der Waals surface area contributed by atoms with Crippen molar-refractivity contribution in [2.24, 2.45) is 17.2 Å². The van der Waals surface area contributed by atoms with Crippen molar-refractivity contribution in [2.45, 2.75) is 69.1 Å². The summed E-state index contributed by atoms with van der Waals surface area (Å²) in [5.74, 6) is -4.07. The first-order valence-electron chi connectivity index (χ1n) is 12.2. The molecule has 4 amide bonds. The molecule has 2 rings (SSSR count). The number of primary amides is 1. The summed E-state index contributed by atoms with van der Waals surface area (Å²) < 4.78 is 0. The van der Waals surface area contributed by atoms with Crippen molar-refractivity contribution in [3.63, 3.8) is 0 Å². The second-order valence-electron chi connectivity index (χ2n) is 9.08. The smallest absolute Gasteiger partial charge is 0.326 e. The van der Waals surface area contributed by atoms with Gasteiger partial charge in [0.15, 0.2) is 0 Å². The summed E-state index contributed by atoms with van der Waals surface area (Å²) in [7, 11) is 0. The minimum Gasteiger partial charge on any atom is -0.508 e. The van der Waals surface area contributed by atoms with Crippen molar-refractivity contribution in [3.8, 4) is 5.75 Å². The predicted molar refractivity (Wildman–Crippen MR) is 133 cm³/mol. The third-order valence-corrected chi connectivity index (χ3v) is 6.16. The summed E-state index contributed by atoms with van der Waals surface area (Å²) in [6, 6.07) is 1.69. The molecule has 0 unspecified atom stereocenters. The summed E-state index contributed by atoms with van der Waals surface area (Å²) in [4.78, 5) is 63.2. The Labute approximate surface area is 214 Å². The fourth-order valence-electron chi connectivity index (χ4n) is 4.16. The zero-order valence-corrected chi connectivity index (χ0v) is 20.6. The van der Waals surface area contributed by atoms with E-state index < -0.39 is 60.2 Å². The second-order valence-corrected chi connectivity index (χ2v) is 9.08.